The van der Waals surface area contributed by atoms with Crippen molar-refractivity contribution in [2.24, 2.45) is 0 Å². The zero-order chi connectivity index (χ0) is 9.26. The van der Waals surface area contributed by atoms with Gasteiger partial charge in [-0.05, 0) is 12.1 Å². The van der Waals surface area contributed by atoms with Crippen LogP contribution < -0.4 is 16.2 Å². The van der Waals surface area contributed by atoms with Crippen molar-refractivity contribution in [1.29, 1.82) is 0 Å². The maximum absolute atomic E-state index is 10.9. The standard InChI is InChI=1S/C9H11N3O/c10-7-3-1-2-4-8(7)12-6-5-9(13)11-12/h1-4H,5-6,10H2,(H,11,13). The van der Waals surface area contributed by atoms with Crippen molar-refractivity contribution >= 4 is 17.3 Å². The molecule has 68 valence electrons. The van der Waals surface area contributed by atoms with Gasteiger partial charge in [-0.1, -0.05) is 12.1 Å². The van der Waals surface area contributed by atoms with Crippen LogP contribution in [-0.4, -0.2) is 12.5 Å². The first-order chi connectivity index (χ1) is 6.27. The molecule has 4 nitrogen and oxygen atoms in total. The number of hydrogen-bond donors (Lipinski definition) is 2. The molecular weight excluding hydrogens is 166 g/mol. The summed E-state index contributed by atoms with van der Waals surface area (Å²) in [5.74, 6) is 0.0447. The van der Waals surface area contributed by atoms with Gasteiger partial charge in [0, 0.05) is 13.0 Å². The predicted molar refractivity (Wildman–Crippen MR) is 51.0 cm³/mol. The molecule has 0 unspecified atom stereocenters. The van der Waals surface area contributed by atoms with Gasteiger partial charge in [0.2, 0.25) is 5.91 Å². The second-order valence-corrected chi connectivity index (χ2v) is 3.00. The van der Waals surface area contributed by atoms with Crippen LogP contribution in [0.2, 0.25) is 0 Å². The van der Waals surface area contributed by atoms with E-state index in [0.29, 0.717) is 18.7 Å². The average molecular weight is 177 g/mol. The summed E-state index contributed by atoms with van der Waals surface area (Å²) in [5.41, 5.74) is 10.0. The lowest BCUT2D eigenvalue weighted by Gasteiger charge is -2.18. The molecule has 0 atom stereocenters. The van der Waals surface area contributed by atoms with Gasteiger partial charge in [0.1, 0.15) is 0 Å². The Kier molecular flexibility index (Phi) is 1.81. The molecule has 1 aliphatic heterocycles. The molecule has 1 heterocycles. The number of rotatable bonds is 1. The molecule has 0 bridgehead atoms. The number of nitrogen functional groups attached to an aromatic ring is 1. The lowest BCUT2D eigenvalue weighted by Crippen LogP contribution is -2.33. The van der Waals surface area contributed by atoms with Gasteiger partial charge in [0.05, 0.1) is 11.4 Å². The molecule has 0 aromatic heterocycles. The third-order valence-electron chi connectivity index (χ3n) is 2.05. The van der Waals surface area contributed by atoms with Gasteiger partial charge in [0.25, 0.3) is 0 Å². The van der Waals surface area contributed by atoms with E-state index in [-0.39, 0.29) is 5.91 Å². The van der Waals surface area contributed by atoms with Gasteiger partial charge >= 0.3 is 0 Å². The number of benzene rings is 1. The quantitative estimate of drug-likeness (QED) is 0.614. The van der Waals surface area contributed by atoms with Gasteiger partial charge in [-0.15, -0.1) is 0 Å². The Morgan fingerprint density at radius 2 is 2.15 bits per heavy atom. The summed E-state index contributed by atoms with van der Waals surface area (Å²) in [6.07, 6.45) is 0.536. The normalized spacial score (nSPS) is 16.0. The maximum Gasteiger partial charge on any atom is 0.240 e. The van der Waals surface area contributed by atoms with Gasteiger partial charge in [-0.25, -0.2) is 0 Å². The maximum atomic E-state index is 10.9. The van der Waals surface area contributed by atoms with Crippen LogP contribution in [0.25, 0.3) is 0 Å². The molecule has 3 N–H and O–H groups in total. The van der Waals surface area contributed by atoms with E-state index in [0.717, 1.165) is 5.69 Å². The van der Waals surface area contributed by atoms with E-state index in [1.165, 1.54) is 0 Å². The van der Waals surface area contributed by atoms with E-state index in [2.05, 4.69) is 5.43 Å². The molecule has 1 fully saturated rings. The van der Waals surface area contributed by atoms with Crippen molar-refractivity contribution in [2.45, 2.75) is 6.42 Å². The Balaban J connectivity index is 2.26. The average Bonchev–Trinajstić information content (AvgIpc) is 2.53. The first kappa shape index (κ1) is 7.91. The van der Waals surface area contributed by atoms with Crippen molar-refractivity contribution in [3.63, 3.8) is 0 Å². The van der Waals surface area contributed by atoms with Crippen molar-refractivity contribution in [2.75, 3.05) is 17.3 Å². The zero-order valence-electron chi connectivity index (χ0n) is 7.16. The fourth-order valence-electron chi connectivity index (χ4n) is 1.39. The number of hydrogen-bond acceptors (Lipinski definition) is 3. The van der Waals surface area contributed by atoms with E-state index >= 15 is 0 Å². The number of carbonyl (C=O) groups excluding carboxylic acids is 1. The number of amides is 1. The highest BCUT2D eigenvalue weighted by molar-refractivity contribution is 5.83. The van der Waals surface area contributed by atoms with E-state index in [4.69, 9.17) is 5.73 Å². The number of para-hydroxylation sites is 2. The molecule has 2 rings (SSSR count). The summed E-state index contributed by atoms with van der Waals surface area (Å²) in [7, 11) is 0. The summed E-state index contributed by atoms with van der Waals surface area (Å²) in [6, 6.07) is 7.48. The highest BCUT2D eigenvalue weighted by Gasteiger charge is 2.19. The fourth-order valence-corrected chi connectivity index (χ4v) is 1.39. The van der Waals surface area contributed by atoms with Gasteiger partial charge in [-0.3, -0.25) is 15.2 Å². The number of hydrazine groups is 1. The van der Waals surface area contributed by atoms with E-state index in [9.17, 15) is 4.79 Å². The van der Waals surface area contributed by atoms with Gasteiger partial charge in [-0.2, -0.15) is 0 Å². The molecule has 1 aromatic rings. The zero-order valence-corrected chi connectivity index (χ0v) is 7.16. The Hall–Kier alpha value is -1.71. The Morgan fingerprint density at radius 1 is 1.38 bits per heavy atom. The predicted octanol–water partition coefficient (Wildman–Crippen LogP) is 0.510. The molecule has 0 aliphatic carbocycles. The van der Waals surface area contributed by atoms with Crippen LogP contribution in [0.15, 0.2) is 24.3 Å². The Morgan fingerprint density at radius 3 is 2.77 bits per heavy atom. The summed E-state index contributed by atoms with van der Waals surface area (Å²) >= 11 is 0. The molecule has 13 heavy (non-hydrogen) atoms. The summed E-state index contributed by atoms with van der Waals surface area (Å²) in [4.78, 5) is 10.9. The van der Waals surface area contributed by atoms with Crippen molar-refractivity contribution in [3.05, 3.63) is 24.3 Å². The molecule has 1 amide bonds. The van der Waals surface area contributed by atoms with Gasteiger partial charge < -0.3 is 5.73 Å². The second-order valence-electron chi connectivity index (χ2n) is 3.00. The lowest BCUT2D eigenvalue weighted by atomic mass is 10.2. The van der Waals surface area contributed by atoms with Gasteiger partial charge in [0.15, 0.2) is 0 Å². The van der Waals surface area contributed by atoms with Crippen LogP contribution in [-0.2, 0) is 4.79 Å². The largest absolute Gasteiger partial charge is 0.397 e. The number of carbonyl (C=O) groups is 1. The molecule has 1 aromatic carbocycles. The summed E-state index contributed by atoms with van der Waals surface area (Å²) in [6.45, 7) is 0.688. The molecule has 1 aliphatic rings. The Labute approximate surface area is 76.3 Å². The highest BCUT2D eigenvalue weighted by Crippen LogP contribution is 2.22. The summed E-state index contributed by atoms with van der Waals surface area (Å²) < 4.78 is 0. The van der Waals surface area contributed by atoms with Crippen LogP contribution in [0.5, 0.6) is 0 Å². The molecule has 0 spiro atoms. The number of nitrogens with two attached hydrogens (primary N) is 1. The number of nitrogens with zero attached hydrogens (tertiary/aromatic N) is 1. The minimum atomic E-state index is 0.0447. The van der Waals surface area contributed by atoms with Crippen LogP contribution >= 0.6 is 0 Å². The van der Waals surface area contributed by atoms with Crippen molar-refractivity contribution in [1.82, 2.24) is 5.43 Å². The third-order valence-corrected chi connectivity index (χ3v) is 2.05. The van der Waals surface area contributed by atoms with Crippen LogP contribution in [0, 0.1) is 0 Å². The van der Waals surface area contributed by atoms with Crippen LogP contribution in [0.1, 0.15) is 6.42 Å². The van der Waals surface area contributed by atoms with E-state index in [1.54, 1.807) is 5.01 Å². The summed E-state index contributed by atoms with van der Waals surface area (Å²) in [5, 5.41) is 1.78. The van der Waals surface area contributed by atoms with Crippen molar-refractivity contribution in [3.8, 4) is 0 Å². The fraction of sp³-hybridized carbons (Fsp3) is 0.222. The molecular formula is C9H11N3O. The smallest absolute Gasteiger partial charge is 0.240 e. The van der Waals surface area contributed by atoms with Crippen LogP contribution in [0.4, 0.5) is 11.4 Å². The number of nitrogens with one attached hydrogen (secondary N) is 1. The lowest BCUT2D eigenvalue weighted by molar-refractivity contribution is -0.119. The molecule has 0 radical (unpaired) electrons. The molecule has 1 saturated heterocycles. The first-order valence-electron chi connectivity index (χ1n) is 4.19. The highest BCUT2D eigenvalue weighted by atomic mass is 16.2. The minimum absolute atomic E-state index is 0.0447. The first-order valence-corrected chi connectivity index (χ1v) is 4.19. The minimum Gasteiger partial charge on any atom is -0.397 e. The third kappa shape index (κ3) is 1.42. The Bertz CT molecular complexity index is 337. The van der Waals surface area contributed by atoms with E-state index in [1.807, 2.05) is 24.3 Å². The SMILES string of the molecule is Nc1ccccc1N1CCC(=O)N1. The number of anilines is 2. The second kappa shape index (κ2) is 2.97. The topological polar surface area (TPSA) is 58.4 Å². The van der Waals surface area contributed by atoms with Crippen LogP contribution in [0.3, 0.4) is 0 Å². The molecule has 0 saturated carbocycles. The van der Waals surface area contributed by atoms with E-state index < -0.39 is 0 Å². The monoisotopic (exact) mass is 177 g/mol. The molecule has 4 heteroatoms. The van der Waals surface area contributed by atoms with Crippen molar-refractivity contribution < 1.29 is 4.79 Å².